The largest absolute Gasteiger partial charge is 0.351 e. The number of aromatic nitrogens is 7. The van der Waals surface area contributed by atoms with Gasteiger partial charge in [-0.05, 0) is 29.7 Å². The van der Waals surface area contributed by atoms with E-state index in [1.807, 2.05) is 0 Å². The van der Waals surface area contributed by atoms with Crippen LogP contribution in [0.3, 0.4) is 0 Å². The Hall–Kier alpha value is -2.62. The maximum absolute atomic E-state index is 12.3. The van der Waals surface area contributed by atoms with Crippen molar-refractivity contribution in [2.24, 2.45) is 0 Å². The normalized spacial score (nSPS) is 13.2. The van der Waals surface area contributed by atoms with Gasteiger partial charge in [0.15, 0.2) is 5.82 Å². The van der Waals surface area contributed by atoms with Gasteiger partial charge in [0.2, 0.25) is 0 Å². The van der Waals surface area contributed by atoms with Crippen molar-refractivity contribution < 1.29 is 4.79 Å². The summed E-state index contributed by atoms with van der Waals surface area (Å²) in [7, 11) is 0. The highest BCUT2D eigenvalue weighted by Gasteiger charge is 2.18. The number of amides is 1. The molecule has 0 fully saturated rings. The average molecular weight is 330 g/mol. The van der Waals surface area contributed by atoms with Gasteiger partial charge in [-0.15, -0.1) is 16.4 Å². The Morgan fingerprint density at radius 3 is 3.22 bits per heavy atom. The zero-order chi connectivity index (χ0) is 15.6. The van der Waals surface area contributed by atoms with Gasteiger partial charge >= 0.3 is 0 Å². The van der Waals surface area contributed by atoms with E-state index < -0.39 is 0 Å². The Morgan fingerprint density at radius 2 is 2.39 bits per heavy atom. The van der Waals surface area contributed by atoms with Crippen LogP contribution in [0, 0.1) is 0 Å². The summed E-state index contributed by atoms with van der Waals surface area (Å²) in [4.78, 5) is 18.3. The molecule has 2 N–H and O–H groups in total. The van der Waals surface area contributed by atoms with Gasteiger partial charge in [0.1, 0.15) is 11.9 Å². The highest BCUT2D eigenvalue weighted by Crippen LogP contribution is 2.27. The number of fused-ring (bicyclic) bond motifs is 1. The number of hydrogen-bond acceptors (Lipinski definition) is 7. The Morgan fingerprint density at radius 1 is 1.43 bits per heavy atom. The number of tetrazole rings is 1. The molecule has 0 aromatic carbocycles. The maximum atomic E-state index is 12.3. The zero-order valence-corrected chi connectivity index (χ0v) is 13.0. The predicted molar refractivity (Wildman–Crippen MR) is 81.5 cm³/mol. The number of carbonyl (C=O) groups is 1. The third-order valence-corrected chi connectivity index (χ3v) is 4.92. The van der Waals surface area contributed by atoms with E-state index in [-0.39, 0.29) is 5.91 Å². The summed E-state index contributed by atoms with van der Waals surface area (Å²) in [5.74, 6) is 0.231. The lowest BCUT2D eigenvalue weighted by Gasteiger charge is -2.04. The van der Waals surface area contributed by atoms with Crippen LogP contribution >= 0.6 is 11.3 Å². The SMILES string of the molecule is O=C(NCCc1nc2c(s1)CCC2)c1cn[nH]c1-n1cnnn1. The first-order valence-electron chi connectivity index (χ1n) is 7.33. The molecule has 1 aliphatic rings. The van der Waals surface area contributed by atoms with Gasteiger partial charge in [-0.3, -0.25) is 9.89 Å². The van der Waals surface area contributed by atoms with Crippen molar-refractivity contribution in [3.05, 3.63) is 33.7 Å². The molecule has 0 saturated carbocycles. The number of nitrogens with one attached hydrogen (secondary N) is 2. The number of H-pyrrole nitrogens is 1. The van der Waals surface area contributed by atoms with Gasteiger partial charge in [-0.25, -0.2) is 4.98 Å². The monoisotopic (exact) mass is 330 g/mol. The molecule has 0 bridgehead atoms. The Kier molecular flexibility index (Phi) is 3.58. The van der Waals surface area contributed by atoms with Crippen LogP contribution in [0.25, 0.3) is 5.82 Å². The topological polar surface area (TPSA) is 114 Å². The van der Waals surface area contributed by atoms with Crippen molar-refractivity contribution in [1.82, 2.24) is 40.7 Å². The lowest BCUT2D eigenvalue weighted by molar-refractivity contribution is 0.0954. The Balaban J connectivity index is 1.38. The van der Waals surface area contributed by atoms with Crippen LogP contribution in [0.1, 0.15) is 32.4 Å². The summed E-state index contributed by atoms with van der Waals surface area (Å²) < 4.78 is 1.37. The van der Waals surface area contributed by atoms with E-state index >= 15 is 0 Å². The van der Waals surface area contributed by atoms with Gasteiger partial charge in [0, 0.05) is 17.8 Å². The lowest BCUT2D eigenvalue weighted by Crippen LogP contribution is -2.26. The van der Waals surface area contributed by atoms with E-state index in [2.05, 4.69) is 36.0 Å². The van der Waals surface area contributed by atoms with Crippen LogP contribution in [0.4, 0.5) is 0 Å². The summed E-state index contributed by atoms with van der Waals surface area (Å²) in [6, 6.07) is 0. The molecule has 0 aliphatic heterocycles. The quantitative estimate of drug-likeness (QED) is 0.695. The van der Waals surface area contributed by atoms with Crippen LogP contribution in [0.5, 0.6) is 0 Å². The van der Waals surface area contributed by atoms with Gasteiger partial charge < -0.3 is 5.32 Å². The molecule has 9 nitrogen and oxygen atoms in total. The minimum atomic E-state index is -0.214. The third kappa shape index (κ3) is 2.72. The second-order valence-corrected chi connectivity index (χ2v) is 6.39. The molecule has 0 spiro atoms. The van der Waals surface area contributed by atoms with E-state index in [0.717, 1.165) is 24.3 Å². The first-order chi connectivity index (χ1) is 11.3. The minimum absolute atomic E-state index is 0.214. The summed E-state index contributed by atoms with van der Waals surface area (Å²) >= 11 is 1.76. The summed E-state index contributed by atoms with van der Waals surface area (Å²) in [5.41, 5.74) is 1.64. The van der Waals surface area contributed by atoms with E-state index in [9.17, 15) is 4.79 Å². The molecule has 4 rings (SSSR count). The fourth-order valence-electron chi connectivity index (χ4n) is 2.61. The molecule has 3 aromatic heterocycles. The van der Waals surface area contributed by atoms with Crippen LogP contribution < -0.4 is 5.32 Å². The van der Waals surface area contributed by atoms with Crippen molar-refractivity contribution in [3.63, 3.8) is 0 Å². The van der Waals surface area contributed by atoms with Crippen LogP contribution in [-0.4, -0.2) is 47.8 Å². The standard InChI is InChI=1S/C13H14N8OS/c22-13(8-6-15-18-12(8)21-7-16-19-20-21)14-5-4-11-17-9-2-1-3-10(9)23-11/h6-7H,1-5H2,(H,14,22)(H,15,18). The van der Waals surface area contributed by atoms with Crippen LogP contribution in [-0.2, 0) is 19.3 Å². The highest BCUT2D eigenvalue weighted by molar-refractivity contribution is 7.11. The number of carbonyl (C=O) groups excluding carboxylic acids is 1. The molecule has 3 aromatic rings. The van der Waals surface area contributed by atoms with Gasteiger partial charge in [0.05, 0.1) is 16.9 Å². The number of aromatic amines is 1. The molecule has 0 unspecified atom stereocenters. The fourth-order valence-corrected chi connectivity index (χ4v) is 3.77. The van der Waals surface area contributed by atoms with E-state index in [0.29, 0.717) is 17.9 Å². The first kappa shape index (κ1) is 14.0. The predicted octanol–water partition coefficient (Wildman–Crippen LogP) is 0.303. The molecule has 0 saturated heterocycles. The van der Waals surface area contributed by atoms with Crippen molar-refractivity contribution in [2.45, 2.75) is 25.7 Å². The smallest absolute Gasteiger partial charge is 0.256 e. The molecular formula is C13H14N8OS. The zero-order valence-electron chi connectivity index (χ0n) is 12.2. The van der Waals surface area contributed by atoms with Crippen molar-refractivity contribution in [1.29, 1.82) is 0 Å². The van der Waals surface area contributed by atoms with Gasteiger partial charge in [-0.1, -0.05) is 0 Å². The first-order valence-corrected chi connectivity index (χ1v) is 8.15. The van der Waals surface area contributed by atoms with Crippen molar-refractivity contribution >= 4 is 17.2 Å². The molecule has 118 valence electrons. The number of rotatable bonds is 5. The van der Waals surface area contributed by atoms with Crippen molar-refractivity contribution in [3.8, 4) is 5.82 Å². The second kappa shape index (κ2) is 5.88. The molecular weight excluding hydrogens is 316 g/mol. The fraction of sp³-hybridized carbons (Fsp3) is 0.385. The molecule has 1 aliphatic carbocycles. The highest BCUT2D eigenvalue weighted by atomic mass is 32.1. The molecule has 1 amide bonds. The van der Waals surface area contributed by atoms with Gasteiger partial charge in [0.25, 0.3) is 5.91 Å². The summed E-state index contributed by atoms with van der Waals surface area (Å²) in [5, 5.41) is 21.4. The number of aryl methyl sites for hydroxylation is 2. The maximum Gasteiger partial charge on any atom is 0.256 e. The Labute approximate surface area is 135 Å². The van der Waals surface area contributed by atoms with E-state index in [4.69, 9.17) is 0 Å². The number of nitrogens with zero attached hydrogens (tertiary/aromatic N) is 6. The Bertz CT molecular complexity index is 800. The third-order valence-electron chi connectivity index (χ3n) is 3.71. The summed E-state index contributed by atoms with van der Waals surface area (Å²) in [6.07, 6.45) is 7.05. The molecule has 0 atom stereocenters. The van der Waals surface area contributed by atoms with Gasteiger partial charge in [-0.2, -0.15) is 9.78 Å². The van der Waals surface area contributed by atoms with Crippen LogP contribution in [0.2, 0.25) is 0 Å². The minimum Gasteiger partial charge on any atom is -0.351 e. The molecule has 0 radical (unpaired) electrons. The second-order valence-electron chi connectivity index (χ2n) is 5.22. The number of hydrogen-bond donors (Lipinski definition) is 2. The number of thiazole rings is 1. The molecule has 3 heterocycles. The van der Waals surface area contributed by atoms with Crippen LogP contribution in [0.15, 0.2) is 12.5 Å². The van der Waals surface area contributed by atoms with E-state index in [1.54, 1.807) is 11.3 Å². The molecule has 10 heteroatoms. The van der Waals surface area contributed by atoms with Crippen molar-refractivity contribution in [2.75, 3.05) is 6.54 Å². The lowest BCUT2D eigenvalue weighted by atomic mass is 10.3. The average Bonchev–Trinajstić information content (AvgIpc) is 3.29. The summed E-state index contributed by atoms with van der Waals surface area (Å²) in [6.45, 7) is 0.533. The molecule has 23 heavy (non-hydrogen) atoms. The van der Waals surface area contributed by atoms with E-state index in [1.165, 1.54) is 34.2 Å².